The molecule has 1 atom stereocenters. The molecule has 6 heteroatoms. The second-order valence-electron chi connectivity index (χ2n) is 7.12. The predicted octanol–water partition coefficient (Wildman–Crippen LogP) is 3.87. The van der Waals surface area contributed by atoms with E-state index in [1.165, 1.54) is 11.3 Å². The van der Waals surface area contributed by atoms with Crippen LogP contribution in [0.25, 0.3) is 0 Å². The molecule has 1 aliphatic heterocycles. The van der Waals surface area contributed by atoms with Crippen LogP contribution in [0.1, 0.15) is 44.9 Å². The lowest BCUT2D eigenvalue weighted by molar-refractivity contribution is -0.121. The van der Waals surface area contributed by atoms with Gasteiger partial charge in [0.05, 0.1) is 11.6 Å². The zero-order valence-corrected chi connectivity index (χ0v) is 16.6. The molecular weight excluding hydrogens is 346 g/mol. The molecule has 0 bridgehead atoms. The van der Waals surface area contributed by atoms with Crippen LogP contribution in [0.2, 0.25) is 0 Å². The Kier molecular flexibility index (Phi) is 5.41. The normalized spacial score (nSPS) is 17.2. The molecule has 1 aromatic carbocycles. The van der Waals surface area contributed by atoms with Crippen LogP contribution < -0.4 is 5.32 Å². The molecule has 2 heterocycles. The molecule has 3 rings (SSSR count). The van der Waals surface area contributed by atoms with E-state index in [1.807, 2.05) is 39.8 Å². The van der Waals surface area contributed by atoms with E-state index in [-0.39, 0.29) is 17.7 Å². The van der Waals surface area contributed by atoms with Gasteiger partial charge < -0.3 is 10.2 Å². The molecule has 0 unspecified atom stereocenters. The van der Waals surface area contributed by atoms with Crippen molar-refractivity contribution in [2.75, 3.05) is 18.4 Å². The van der Waals surface area contributed by atoms with Gasteiger partial charge in [0.25, 0.3) is 5.91 Å². The number of amides is 2. The maximum atomic E-state index is 12.9. The molecule has 26 heavy (non-hydrogen) atoms. The summed E-state index contributed by atoms with van der Waals surface area (Å²) in [5.74, 6) is -0.227. The molecule has 1 N–H and O–H groups in total. The summed E-state index contributed by atoms with van der Waals surface area (Å²) in [6, 6.07) is 5.89. The minimum atomic E-state index is -0.192. The molecule has 1 saturated heterocycles. The molecule has 0 radical (unpaired) electrons. The lowest BCUT2D eigenvalue weighted by Crippen LogP contribution is -2.43. The number of hydrogen-bond donors (Lipinski definition) is 1. The van der Waals surface area contributed by atoms with Crippen LogP contribution in [0.4, 0.5) is 5.13 Å². The van der Waals surface area contributed by atoms with E-state index < -0.39 is 0 Å². The predicted molar refractivity (Wildman–Crippen MR) is 105 cm³/mol. The van der Waals surface area contributed by atoms with Crippen molar-refractivity contribution in [3.63, 3.8) is 0 Å². The van der Waals surface area contributed by atoms with Crippen molar-refractivity contribution in [2.24, 2.45) is 5.92 Å². The van der Waals surface area contributed by atoms with E-state index in [4.69, 9.17) is 0 Å². The van der Waals surface area contributed by atoms with Crippen LogP contribution in [0.5, 0.6) is 0 Å². The molecule has 0 saturated carbocycles. The van der Waals surface area contributed by atoms with Gasteiger partial charge in [-0.05, 0) is 52.7 Å². The van der Waals surface area contributed by atoms with Gasteiger partial charge in [0.15, 0.2) is 5.13 Å². The van der Waals surface area contributed by atoms with Crippen molar-refractivity contribution in [1.29, 1.82) is 0 Å². The summed E-state index contributed by atoms with van der Waals surface area (Å²) >= 11 is 1.49. The summed E-state index contributed by atoms with van der Waals surface area (Å²) in [5.41, 5.74) is 3.80. The number of carbonyl (C=O) groups is 2. The highest BCUT2D eigenvalue weighted by molar-refractivity contribution is 7.15. The van der Waals surface area contributed by atoms with Crippen LogP contribution in [0.3, 0.4) is 0 Å². The fourth-order valence-corrected chi connectivity index (χ4v) is 4.21. The first-order valence-electron chi connectivity index (χ1n) is 8.96. The number of aromatic nitrogens is 1. The van der Waals surface area contributed by atoms with Crippen LogP contribution in [-0.4, -0.2) is 34.8 Å². The van der Waals surface area contributed by atoms with Gasteiger partial charge in [-0.15, -0.1) is 11.3 Å². The van der Waals surface area contributed by atoms with Crippen molar-refractivity contribution >= 4 is 28.3 Å². The maximum absolute atomic E-state index is 12.9. The van der Waals surface area contributed by atoms with Crippen molar-refractivity contribution in [1.82, 2.24) is 9.88 Å². The Hall–Kier alpha value is -2.21. The number of piperidine rings is 1. The number of aryl methyl sites for hydroxylation is 4. The first-order valence-corrected chi connectivity index (χ1v) is 9.77. The first-order chi connectivity index (χ1) is 12.3. The number of rotatable bonds is 3. The fourth-order valence-electron chi connectivity index (χ4n) is 3.39. The van der Waals surface area contributed by atoms with E-state index >= 15 is 0 Å². The van der Waals surface area contributed by atoms with Crippen molar-refractivity contribution in [3.05, 3.63) is 45.5 Å². The molecule has 1 aliphatic rings. The quantitative estimate of drug-likeness (QED) is 0.891. The summed E-state index contributed by atoms with van der Waals surface area (Å²) in [5, 5.41) is 3.56. The number of benzene rings is 1. The number of anilines is 1. The Morgan fingerprint density at radius 2 is 1.85 bits per heavy atom. The van der Waals surface area contributed by atoms with E-state index in [0.717, 1.165) is 34.5 Å². The molecular formula is C20H25N3O2S. The van der Waals surface area contributed by atoms with Crippen molar-refractivity contribution < 1.29 is 9.59 Å². The highest BCUT2D eigenvalue weighted by Crippen LogP contribution is 2.24. The Morgan fingerprint density at radius 1 is 1.15 bits per heavy atom. The summed E-state index contributed by atoms with van der Waals surface area (Å²) in [6.07, 6.45) is 1.64. The Labute approximate surface area is 158 Å². The number of nitrogens with one attached hydrogen (secondary N) is 1. The van der Waals surface area contributed by atoms with Crippen LogP contribution >= 0.6 is 11.3 Å². The second-order valence-corrected chi connectivity index (χ2v) is 8.32. The van der Waals surface area contributed by atoms with Crippen LogP contribution in [0.15, 0.2) is 18.2 Å². The van der Waals surface area contributed by atoms with E-state index in [0.29, 0.717) is 23.8 Å². The third-order valence-electron chi connectivity index (χ3n) is 4.81. The molecule has 1 aromatic heterocycles. The molecule has 1 fully saturated rings. The lowest BCUT2D eigenvalue weighted by atomic mass is 9.96. The third-order valence-corrected chi connectivity index (χ3v) is 5.79. The highest BCUT2D eigenvalue weighted by atomic mass is 32.1. The maximum Gasteiger partial charge on any atom is 0.253 e. The lowest BCUT2D eigenvalue weighted by Gasteiger charge is -2.32. The third kappa shape index (κ3) is 4.12. The Morgan fingerprint density at radius 3 is 2.46 bits per heavy atom. The largest absolute Gasteiger partial charge is 0.338 e. The minimum Gasteiger partial charge on any atom is -0.338 e. The molecule has 0 aliphatic carbocycles. The second kappa shape index (κ2) is 7.58. The molecule has 138 valence electrons. The summed E-state index contributed by atoms with van der Waals surface area (Å²) in [4.78, 5) is 32.8. The van der Waals surface area contributed by atoms with Gasteiger partial charge in [-0.1, -0.05) is 17.2 Å². The number of hydrogen-bond acceptors (Lipinski definition) is 4. The SMILES string of the molecule is Cc1cc(C)cc(C(=O)N2CCC[C@H](C(=O)Nc3nc(C)c(C)s3)C2)c1. The smallest absolute Gasteiger partial charge is 0.253 e. The van der Waals surface area contributed by atoms with E-state index in [2.05, 4.69) is 16.4 Å². The monoisotopic (exact) mass is 371 g/mol. The molecule has 5 nitrogen and oxygen atoms in total. The van der Waals surface area contributed by atoms with Crippen molar-refractivity contribution in [3.8, 4) is 0 Å². The molecule has 2 amide bonds. The number of carbonyl (C=O) groups excluding carboxylic acids is 2. The summed E-state index contributed by atoms with van der Waals surface area (Å²) in [7, 11) is 0. The van der Waals surface area contributed by atoms with Crippen molar-refractivity contribution in [2.45, 2.75) is 40.5 Å². The van der Waals surface area contributed by atoms with Gasteiger partial charge in [-0.25, -0.2) is 4.98 Å². The standard InChI is InChI=1S/C20H25N3O2S/c1-12-8-13(2)10-17(9-12)19(25)23-7-5-6-16(11-23)18(24)22-20-21-14(3)15(4)26-20/h8-10,16H,5-7,11H2,1-4H3,(H,21,22,24)/t16-/m0/s1. The first kappa shape index (κ1) is 18.6. The zero-order chi connectivity index (χ0) is 18.8. The summed E-state index contributed by atoms with van der Waals surface area (Å²) < 4.78 is 0. The van der Waals surface area contributed by atoms with Gasteiger partial charge in [0.2, 0.25) is 5.91 Å². The minimum absolute atomic E-state index is 0.00948. The molecule has 0 spiro atoms. The van der Waals surface area contributed by atoms with Gasteiger partial charge in [-0.3, -0.25) is 9.59 Å². The summed E-state index contributed by atoms with van der Waals surface area (Å²) in [6.45, 7) is 9.08. The molecule has 2 aromatic rings. The average Bonchev–Trinajstić information content (AvgIpc) is 2.91. The van der Waals surface area contributed by atoms with Gasteiger partial charge in [0, 0.05) is 23.5 Å². The Balaban J connectivity index is 1.68. The topological polar surface area (TPSA) is 62.3 Å². The average molecular weight is 372 g/mol. The van der Waals surface area contributed by atoms with Gasteiger partial charge >= 0.3 is 0 Å². The number of likely N-dealkylation sites (tertiary alicyclic amines) is 1. The number of thiazole rings is 1. The Bertz CT molecular complexity index is 804. The fraction of sp³-hybridized carbons (Fsp3) is 0.450. The zero-order valence-electron chi connectivity index (χ0n) is 15.8. The van der Waals surface area contributed by atoms with E-state index in [9.17, 15) is 9.59 Å². The number of nitrogens with zero attached hydrogens (tertiary/aromatic N) is 2. The van der Waals surface area contributed by atoms with Gasteiger partial charge in [-0.2, -0.15) is 0 Å². The van der Waals surface area contributed by atoms with Crippen LogP contribution in [0, 0.1) is 33.6 Å². The van der Waals surface area contributed by atoms with Crippen LogP contribution in [-0.2, 0) is 4.79 Å². The highest BCUT2D eigenvalue weighted by Gasteiger charge is 2.29. The van der Waals surface area contributed by atoms with E-state index in [1.54, 1.807) is 4.90 Å². The van der Waals surface area contributed by atoms with Gasteiger partial charge in [0.1, 0.15) is 0 Å².